The van der Waals surface area contributed by atoms with E-state index in [1.165, 1.54) is 0 Å². The number of hydrogen-bond donors (Lipinski definition) is 1. The molecule has 1 aromatic carbocycles. The van der Waals surface area contributed by atoms with Gasteiger partial charge >= 0.3 is 5.97 Å². The Morgan fingerprint density at radius 3 is 3.00 bits per heavy atom. The van der Waals surface area contributed by atoms with E-state index in [1.807, 2.05) is 0 Å². The number of benzene rings is 1. The summed E-state index contributed by atoms with van der Waals surface area (Å²) in [6, 6.07) is 6.80. The number of rotatable bonds is 2. The van der Waals surface area contributed by atoms with Crippen LogP contribution in [0.15, 0.2) is 34.5 Å². The summed E-state index contributed by atoms with van der Waals surface area (Å²) in [6.45, 7) is 0. The largest absolute Gasteiger partial charge is 0.401 e. The molecule has 0 saturated carbocycles. The summed E-state index contributed by atoms with van der Waals surface area (Å²) in [5, 5.41) is 5.17. The molecule has 0 spiro atoms. The molecule has 6 heteroatoms. The fourth-order valence-electron chi connectivity index (χ4n) is 0.987. The average molecular weight is 238 g/mol. The van der Waals surface area contributed by atoms with Crippen molar-refractivity contribution in [1.29, 1.82) is 0 Å². The number of ether oxygens (including phenoxy) is 1. The maximum absolute atomic E-state index is 11.5. The highest BCUT2D eigenvalue weighted by molar-refractivity contribution is 7.80. The van der Waals surface area contributed by atoms with Gasteiger partial charge in [-0.15, -0.1) is 12.6 Å². The zero-order chi connectivity index (χ0) is 10.7. The summed E-state index contributed by atoms with van der Waals surface area (Å²) < 4.78 is 8.55. The van der Waals surface area contributed by atoms with Crippen LogP contribution in [-0.2, 0) is 0 Å². The Morgan fingerprint density at radius 1 is 1.47 bits per heavy atom. The third-order valence-electron chi connectivity index (χ3n) is 1.62. The Balaban J connectivity index is 2.15. The minimum atomic E-state index is -0.460. The Morgan fingerprint density at radius 2 is 2.33 bits per heavy atom. The highest BCUT2D eigenvalue weighted by atomic mass is 32.1. The summed E-state index contributed by atoms with van der Waals surface area (Å²) in [4.78, 5) is 12.3. The third-order valence-corrected chi connectivity index (χ3v) is 2.38. The van der Waals surface area contributed by atoms with Crippen LogP contribution in [0.3, 0.4) is 0 Å². The molecule has 76 valence electrons. The molecule has 0 aliphatic heterocycles. The molecule has 2 rings (SSSR count). The lowest BCUT2D eigenvalue weighted by Gasteiger charge is -2.00. The maximum atomic E-state index is 11.5. The molecular weight excluding hydrogens is 232 g/mol. The number of hydrogen-bond acceptors (Lipinski definition) is 6. The van der Waals surface area contributed by atoms with Crippen LogP contribution in [0.4, 0.5) is 0 Å². The number of thiol groups is 1. The van der Waals surface area contributed by atoms with Crippen molar-refractivity contribution in [1.82, 2.24) is 9.59 Å². The van der Waals surface area contributed by atoms with Gasteiger partial charge in [0.05, 0.1) is 10.9 Å². The van der Waals surface area contributed by atoms with E-state index >= 15 is 0 Å². The second-order valence-electron chi connectivity index (χ2n) is 2.68. The zero-order valence-electron chi connectivity index (χ0n) is 7.45. The van der Waals surface area contributed by atoms with Gasteiger partial charge in [-0.3, -0.25) is 0 Å². The molecule has 0 N–H and O–H groups in total. The number of carbonyl (C=O) groups is 1. The predicted octanol–water partition coefficient (Wildman–Crippen LogP) is 2.05. The first-order valence-electron chi connectivity index (χ1n) is 4.04. The van der Waals surface area contributed by atoms with E-state index in [0.29, 0.717) is 10.5 Å². The molecule has 0 bridgehead atoms. The van der Waals surface area contributed by atoms with Crippen molar-refractivity contribution in [3.63, 3.8) is 0 Å². The van der Waals surface area contributed by atoms with Crippen molar-refractivity contribution in [2.45, 2.75) is 4.90 Å². The quantitative estimate of drug-likeness (QED) is 0.642. The Labute approximate surface area is 95.5 Å². The monoisotopic (exact) mass is 238 g/mol. The summed E-state index contributed by atoms with van der Waals surface area (Å²) in [5.74, 6) is -0.242. The van der Waals surface area contributed by atoms with Crippen molar-refractivity contribution in [2.24, 2.45) is 0 Å². The van der Waals surface area contributed by atoms with Gasteiger partial charge < -0.3 is 4.74 Å². The van der Waals surface area contributed by atoms with Crippen LogP contribution in [-0.4, -0.2) is 15.6 Å². The molecule has 0 aliphatic rings. The normalized spacial score (nSPS) is 9.93. The third kappa shape index (κ3) is 2.54. The molecule has 2 aromatic rings. The predicted molar refractivity (Wildman–Crippen MR) is 58.6 cm³/mol. The molecule has 0 saturated heterocycles. The summed E-state index contributed by atoms with van der Waals surface area (Å²) in [7, 11) is 0. The van der Waals surface area contributed by atoms with Gasteiger partial charge in [0.25, 0.3) is 5.88 Å². The molecule has 0 aliphatic carbocycles. The average Bonchev–Trinajstić information content (AvgIpc) is 2.70. The lowest BCUT2D eigenvalue weighted by atomic mass is 10.2. The van der Waals surface area contributed by atoms with Crippen molar-refractivity contribution < 1.29 is 9.53 Å². The highest BCUT2D eigenvalue weighted by Gasteiger charge is 2.09. The number of esters is 1. The van der Waals surface area contributed by atoms with E-state index in [2.05, 4.69) is 22.2 Å². The topological polar surface area (TPSA) is 52.1 Å². The van der Waals surface area contributed by atoms with Crippen molar-refractivity contribution in [3.8, 4) is 5.88 Å². The van der Waals surface area contributed by atoms with Gasteiger partial charge in [-0.1, -0.05) is 15.7 Å². The molecule has 1 aromatic heterocycles. The first-order valence-corrected chi connectivity index (χ1v) is 5.32. The Hall–Kier alpha value is -1.40. The van der Waals surface area contributed by atoms with Gasteiger partial charge in [0.2, 0.25) is 0 Å². The van der Waals surface area contributed by atoms with Crippen molar-refractivity contribution >= 4 is 30.1 Å². The summed E-state index contributed by atoms with van der Waals surface area (Å²) >= 11 is 5.26. The maximum Gasteiger partial charge on any atom is 0.344 e. The first kappa shape index (κ1) is 10.1. The Bertz CT molecular complexity index is 471. The number of aromatic nitrogens is 2. The van der Waals surface area contributed by atoms with Gasteiger partial charge in [0.15, 0.2) is 0 Å². The molecule has 0 unspecified atom stereocenters. The molecule has 15 heavy (non-hydrogen) atoms. The summed E-state index contributed by atoms with van der Waals surface area (Å²) in [5.41, 5.74) is 0.440. The fraction of sp³-hybridized carbons (Fsp3) is 0. The van der Waals surface area contributed by atoms with E-state index in [4.69, 9.17) is 4.74 Å². The lowest BCUT2D eigenvalue weighted by Crippen LogP contribution is -2.08. The van der Waals surface area contributed by atoms with Crippen LogP contribution in [0.5, 0.6) is 5.88 Å². The summed E-state index contributed by atoms with van der Waals surface area (Å²) in [6.07, 6.45) is 0. The number of nitrogens with zero attached hydrogens (tertiary/aromatic N) is 2. The lowest BCUT2D eigenvalue weighted by molar-refractivity contribution is 0.0727. The minimum Gasteiger partial charge on any atom is -0.401 e. The molecule has 1 heterocycles. The minimum absolute atomic E-state index is 0.217. The molecule has 0 amide bonds. The van der Waals surface area contributed by atoms with Gasteiger partial charge in [0.1, 0.15) is 0 Å². The van der Waals surface area contributed by atoms with Gasteiger partial charge in [-0.05, 0) is 29.7 Å². The van der Waals surface area contributed by atoms with E-state index < -0.39 is 5.97 Å². The van der Waals surface area contributed by atoms with E-state index in [9.17, 15) is 4.79 Å². The van der Waals surface area contributed by atoms with E-state index in [0.717, 1.165) is 11.5 Å². The van der Waals surface area contributed by atoms with Crippen LogP contribution in [0, 0.1) is 0 Å². The van der Waals surface area contributed by atoms with Crippen LogP contribution >= 0.6 is 24.2 Å². The molecule has 4 nitrogen and oxygen atoms in total. The molecule has 0 atom stereocenters. The molecule has 0 fully saturated rings. The van der Waals surface area contributed by atoms with Crippen molar-refractivity contribution in [3.05, 3.63) is 35.2 Å². The van der Waals surface area contributed by atoms with Crippen LogP contribution in [0.25, 0.3) is 0 Å². The van der Waals surface area contributed by atoms with E-state index in [-0.39, 0.29) is 5.88 Å². The van der Waals surface area contributed by atoms with Gasteiger partial charge in [0, 0.05) is 4.90 Å². The van der Waals surface area contributed by atoms with Crippen LogP contribution < -0.4 is 4.74 Å². The van der Waals surface area contributed by atoms with Crippen LogP contribution in [0.1, 0.15) is 10.4 Å². The SMILES string of the molecule is O=C(Oc1csnn1)c1cccc(S)c1. The van der Waals surface area contributed by atoms with Crippen LogP contribution in [0.2, 0.25) is 0 Å². The van der Waals surface area contributed by atoms with E-state index in [1.54, 1.807) is 29.6 Å². The fourth-order valence-corrected chi connectivity index (χ4v) is 1.57. The second kappa shape index (κ2) is 4.41. The molecule has 0 radical (unpaired) electrons. The molecular formula is C9H6N2O2S2. The van der Waals surface area contributed by atoms with Gasteiger partial charge in [-0.25, -0.2) is 4.79 Å². The first-order chi connectivity index (χ1) is 7.25. The van der Waals surface area contributed by atoms with Crippen molar-refractivity contribution in [2.75, 3.05) is 0 Å². The smallest absolute Gasteiger partial charge is 0.344 e. The van der Waals surface area contributed by atoms with Gasteiger partial charge in [-0.2, -0.15) is 0 Å². The zero-order valence-corrected chi connectivity index (χ0v) is 9.16. The highest BCUT2D eigenvalue weighted by Crippen LogP contribution is 2.13. The Kier molecular flexibility index (Phi) is 2.98. The standard InChI is InChI=1S/C9H6N2O2S2/c12-9(13-8-5-15-11-10-8)6-2-1-3-7(14)4-6/h1-5,14H. The second-order valence-corrected chi connectivity index (χ2v) is 3.81. The number of carbonyl (C=O) groups excluding carboxylic acids is 1.